The molecule has 7 nitrogen and oxygen atoms in total. The molecule has 0 bridgehead atoms. The molecule has 0 spiro atoms. The van der Waals surface area contributed by atoms with Gasteiger partial charge in [0, 0.05) is 24.2 Å². The van der Waals surface area contributed by atoms with Crippen LogP contribution in [0.1, 0.15) is 39.2 Å². The molecule has 1 aliphatic heterocycles. The molecule has 1 aromatic rings. The Morgan fingerprint density at radius 1 is 1.21 bits per heavy atom. The van der Waals surface area contributed by atoms with Crippen LogP contribution in [0.5, 0.6) is 0 Å². The molecule has 0 saturated carbocycles. The largest absolute Gasteiger partial charge is 0.478 e. The van der Waals surface area contributed by atoms with Crippen molar-refractivity contribution in [2.45, 2.75) is 39.7 Å². The number of aliphatic carboxylic acids is 1. The van der Waals surface area contributed by atoms with Crippen LogP contribution in [-0.2, 0) is 19.1 Å². The molecule has 4 N–H and O–H groups in total. The molecule has 28 heavy (non-hydrogen) atoms. The van der Waals surface area contributed by atoms with Gasteiger partial charge >= 0.3 is 11.9 Å². The molecule has 2 unspecified atom stereocenters. The van der Waals surface area contributed by atoms with Gasteiger partial charge in [0.25, 0.3) is 0 Å². The van der Waals surface area contributed by atoms with Crippen LogP contribution in [0.25, 0.3) is 0 Å². The van der Waals surface area contributed by atoms with Crippen molar-refractivity contribution >= 4 is 17.6 Å². The van der Waals surface area contributed by atoms with Crippen molar-refractivity contribution in [3.8, 4) is 0 Å². The number of carbonyl (C=O) groups is 2. The topological polar surface area (TPSA) is 111 Å². The first kappa shape index (κ1) is 21.5. The number of hydrogen-bond donors (Lipinski definition) is 3. The summed E-state index contributed by atoms with van der Waals surface area (Å²) in [6.45, 7) is 7.43. The van der Waals surface area contributed by atoms with Crippen LogP contribution < -0.4 is 11.1 Å². The van der Waals surface area contributed by atoms with Crippen LogP contribution in [0.15, 0.2) is 46.8 Å². The van der Waals surface area contributed by atoms with Crippen molar-refractivity contribution in [1.82, 2.24) is 5.32 Å². The fraction of sp³-hybridized carbons (Fsp3) is 0.429. The van der Waals surface area contributed by atoms with E-state index in [0.29, 0.717) is 22.6 Å². The van der Waals surface area contributed by atoms with E-state index in [4.69, 9.17) is 15.2 Å². The number of hydrogen-bond acceptors (Lipinski definition) is 6. The first-order chi connectivity index (χ1) is 13.2. The number of carboxylic acid groups (broad SMARTS) is 1. The lowest BCUT2D eigenvalue weighted by atomic mass is 9.80. The quantitative estimate of drug-likeness (QED) is 0.486. The Balaban J connectivity index is 2.45. The summed E-state index contributed by atoms with van der Waals surface area (Å²) in [7, 11) is 1.56. The Labute approximate surface area is 165 Å². The predicted molar refractivity (Wildman–Crippen MR) is 106 cm³/mol. The third-order valence-electron chi connectivity index (χ3n) is 4.88. The molecule has 1 aromatic carbocycles. The molecule has 0 amide bonds. The lowest BCUT2D eigenvalue weighted by molar-refractivity contribution is -0.144. The van der Waals surface area contributed by atoms with E-state index < -0.39 is 17.9 Å². The van der Waals surface area contributed by atoms with Gasteiger partial charge in [0.15, 0.2) is 0 Å². The van der Waals surface area contributed by atoms with Gasteiger partial charge in [0.2, 0.25) is 0 Å². The Bertz CT molecular complexity index is 826. The second kappa shape index (κ2) is 8.93. The number of esters is 1. The maximum Gasteiger partial charge on any atom is 0.336 e. The van der Waals surface area contributed by atoms with Crippen LogP contribution >= 0.6 is 0 Å². The first-order valence-electron chi connectivity index (χ1n) is 9.14. The Hall–Kier alpha value is -2.80. The minimum absolute atomic E-state index is 0.0819. The van der Waals surface area contributed by atoms with Gasteiger partial charge in [-0.1, -0.05) is 26.0 Å². The van der Waals surface area contributed by atoms with Gasteiger partial charge in [0.1, 0.15) is 6.61 Å². The number of carbonyl (C=O) groups excluding carboxylic acids is 1. The fourth-order valence-corrected chi connectivity index (χ4v) is 3.39. The number of anilines is 1. The van der Waals surface area contributed by atoms with Crippen LogP contribution in [0.3, 0.4) is 0 Å². The SMILES string of the molecule is COC(COC(=O)C1=C(C)NC(C)=C(C(=O)O)C1c1cccc(N)c1)C(C)C. The number of benzene rings is 1. The highest BCUT2D eigenvalue weighted by atomic mass is 16.6. The molecular weight excluding hydrogens is 360 g/mol. The Kier molecular flexibility index (Phi) is 6.85. The monoisotopic (exact) mass is 388 g/mol. The standard InChI is InChI=1S/C21H28N2O5/c1-11(2)16(27-5)10-28-21(26)18-13(4)23-12(3)17(20(24)25)19(18)14-7-6-8-15(22)9-14/h6-9,11,16,19,23H,10,22H2,1-5H3,(H,24,25). The van der Waals surface area contributed by atoms with Crippen molar-refractivity contribution in [2.24, 2.45) is 5.92 Å². The van der Waals surface area contributed by atoms with Crippen LogP contribution in [0.4, 0.5) is 5.69 Å². The number of ether oxygens (including phenoxy) is 2. The average Bonchev–Trinajstić information content (AvgIpc) is 2.60. The van der Waals surface area contributed by atoms with Crippen molar-refractivity contribution in [2.75, 3.05) is 19.5 Å². The molecule has 1 aliphatic rings. The third kappa shape index (κ3) is 4.54. The van der Waals surface area contributed by atoms with Gasteiger partial charge in [0.05, 0.1) is 23.2 Å². The number of nitrogen functional groups attached to an aromatic ring is 1. The minimum atomic E-state index is -1.10. The highest BCUT2D eigenvalue weighted by molar-refractivity contribution is 5.99. The summed E-state index contributed by atoms with van der Waals surface area (Å²) in [6, 6.07) is 6.88. The van der Waals surface area contributed by atoms with Gasteiger partial charge in [-0.15, -0.1) is 0 Å². The molecule has 0 aliphatic carbocycles. The van der Waals surface area contributed by atoms with Gasteiger partial charge in [-0.2, -0.15) is 0 Å². The number of methoxy groups -OCH3 is 1. The number of rotatable bonds is 7. The average molecular weight is 388 g/mol. The van der Waals surface area contributed by atoms with Gasteiger partial charge in [-0.25, -0.2) is 9.59 Å². The molecule has 0 radical (unpaired) electrons. The molecule has 152 valence electrons. The normalized spacial score (nSPS) is 18.1. The van der Waals surface area contributed by atoms with E-state index in [-0.39, 0.29) is 29.8 Å². The molecule has 7 heteroatoms. The van der Waals surface area contributed by atoms with E-state index in [1.54, 1.807) is 45.2 Å². The van der Waals surface area contributed by atoms with Gasteiger partial charge < -0.3 is 25.6 Å². The zero-order valence-electron chi connectivity index (χ0n) is 16.9. The smallest absolute Gasteiger partial charge is 0.336 e. The summed E-state index contributed by atoms with van der Waals surface area (Å²) in [5.74, 6) is -2.30. The van der Waals surface area contributed by atoms with Crippen molar-refractivity contribution in [3.63, 3.8) is 0 Å². The lowest BCUT2D eigenvalue weighted by Crippen LogP contribution is -2.33. The Morgan fingerprint density at radius 3 is 2.39 bits per heavy atom. The lowest BCUT2D eigenvalue weighted by Gasteiger charge is -2.30. The minimum Gasteiger partial charge on any atom is -0.478 e. The number of nitrogens with two attached hydrogens (primary N) is 1. The van der Waals surface area contributed by atoms with E-state index in [0.717, 1.165) is 0 Å². The third-order valence-corrected chi connectivity index (χ3v) is 4.88. The number of carboxylic acids is 1. The number of allylic oxidation sites excluding steroid dienone is 2. The second-order valence-electron chi connectivity index (χ2n) is 7.23. The molecule has 2 rings (SSSR count). The van der Waals surface area contributed by atoms with E-state index >= 15 is 0 Å². The van der Waals surface area contributed by atoms with Crippen molar-refractivity contribution in [3.05, 3.63) is 52.4 Å². The maximum atomic E-state index is 13.0. The molecule has 0 saturated heterocycles. The van der Waals surface area contributed by atoms with Gasteiger partial charge in [-0.05, 0) is 37.5 Å². The highest BCUT2D eigenvalue weighted by Crippen LogP contribution is 2.39. The summed E-state index contributed by atoms with van der Waals surface area (Å²) in [6.07, 6.45) is -0.247. The van der Waals surface area contributed by atoms with Crippen molar-refractivity contribution in [1.29, 1.82) is 0 Å². The molecular formula is C21H28N2O5. The predicted octanol–water partition coefficient (Wildman–Crippen LogP) is 2.80. The van der Waals surface area contributed by atoms with E-state index in [1.165, 1.54) is 0 Å². The molecule has 2 atom stereocenters. The van der Waals surface area contributed by atoms with Crippen LogP contribution in [0.2, 0.25) is 0 Å². The van der Waals surface area contributed by atoms with Crippen LogP contribution in [-0.4, -0.2) is 36.9 Å². The number of dihydropyridines is 1. The van der Waals surface area contributed by atoms with Crippen molar-refractivity contribution < 1.29 is 24.2 Å². The highest BCUT2D eigenvalue weighted by Gasteiger charge is 2.37. The van der Waals surface area contributed by atoms with E-state index in [9.17, 15) is 14.7 Å². The maximum absolute atomic E-state index is 13.0. The Morgan fingerprint density at radius 2 is 1.86 bits per heavy atom. The van der Waals surface area contributed by atoms with E-state index in [2.05, 4.69) is 5.32 Å². The summed E-state index contributed by atoms with van der Waals surface area (Å²) < 4.78 is 10.9. The molecule has 0 fully saturated rings. The van der Waals surface area contributed by atoms with Crippen LogP contribution in [0, 0.1) is 5.92 Å². The fourth-order valence-electron chi connectivity index (χ4n) is 3.39. The van der Waals surface area contributed by atoms with E-state index in [1.807, 2.05) is 13.8 Å². The summed E-state index contributed by atoms with van der Waals surface area (Å²) in [5.41, 5.74) is 8.39. The zero-order chi connectivity index (χ0) is 21.0. The molecule has 1 heterocycles. The zero-order valence-corrected chi connectivity index (χ0v) is 16.9. The molecule has 0 aromatic heterocycles. The summed E-state index contributed by atoms with van der Waals surface area (Å²) in [5, 5.41) is 12.8. The second-order valence-corrected chi connectivity index (χ2v) is 7.23. The summed E-state index contributed by atoms with van der Waals surface area (Å²) >= 11 is 0. The first-order valence-corrected chi connectivity index (χ1v) is 9.14. The van der Waals surface area contributed by atoms with Gasteiger partial charge in [-0.3, -0.25) is 0 Å². The number of nitrogens with one attached hydrogen (secondary N) is 1. The summed E-state index contributed by atoms with van der Waals surface area (Å²) in [4.78, 5) is 25.0.